The first-order chi connectivity index (χ1) is 21.3. The Morgan fingerprint density at radius 1 is 0.955 bits per heavy atom. The minimum absolute atomic E-state index is 0.163. The molecule has 4 saturated heterocycles. The lowest BCUT2D eigenvalue weighted by Crippen LogP contribution is -2.75. The average molecular weight is 597 g/mol. The van der Waals surface area contributed by atoms with E-state index in [9.17, 15) is 19.5 Å². The molecule has 4 fully saturated rings. The first-order valence-corrected chi connectivity index (χ1v) is 14.9. The van der Waals surface area contributed by atoms with Gasteiger partial charge in [-0.25, -0.2) is 0 Å². The fourth-order valence-electron chi connectivity index (χ4n) is 8.85. The number of carbonyl (C=O) groups is 3. The van der Waals surface area contributed by atoms with Crippen molar-refractivity contribution < 1.29 is 38.4 Å². The second-order valence-corrected chi connectivity index (χ2v) is 12.2. The van der Waals surface area contributed by atoms with Crippen molar-refractivity contribution in [2.75, 3.05) is 25.7 Å². The van der Waals surface area contributed by atoms with Gasteiger partial charge in [-0.15, -0.1) is 0 Å². The Labute approximate surface area is 254 Å². The van der Waals surface area contributed by atoms with Crippen molar-refractivity contribution in [2.45, 2.75) is 54.9 Å². The number of benzene rings is 3. The van der Waals surface area contributed by atoms with Crippen LogP contribution in [0.15, 0.2) is 78.9 Å². The Bertz CT molecular complexity index is 1680. The van der Waals surface area contributed by atoms with Gasteiger partial charge in [-0.2, -0.15) is 0 Å². The molecule has 44 heavy (non-hydrogen) atoms. The second-order valence-electron chi connectivity index (χ2n) is 12.2. The Balaban J connectivity index is 1.34. The van der Waals surface area contributed by atoms with Gasteiger partial charge in [0.1, 0.15) is 29.1 Å². The number of hydrogen-bond donors (Lipinski definition) is 1. The predicted molar refractivity (Wildman–Crippen MR) is 156 cm³/mol. The number of aliphatic hydroxyl groups is 1. The molecule has 1 spiro atoms. The average Bonchev–Trinajstić information content (AvgIpc) is 3.74. The first-order valence-electron chi connectivity index (χ1n) is 14.9. The summed E-state index contributed by atoms with van der Waals surface area (Å²) in [6.07, 6.45) is -0.426. The van der Waals surface area contributed by atoms with Crippen molar-refractivity contribution in [3.05, 3.63) is 90.0 Å². The molecule has 3 aromatic rings. The van der Waals surface area contributed by atoms with Gasteiger partial charge in [-0.3, -0.25) is 24.2 Å². The van der Waals surface area contributed by atoms with Crippen LogP contribution in [-0.2, 0) is 24.8 Å². The molecule has 10 heteroatoms. The fraction of sp³-hybridized carbons (Fsp3) is 0.382. The molecule has 5 aliphatic rings. The zero-order valence-electron chi connectivity index (χ0n) is 24.3. The lowest BCUT2D eigenvalue weighted by atomic mass is 9.61. The summed E-state index contributed by atoms with van der Waals surface area (Å²) < 4.78 is 23.9. The monoisotopic (exact) mass is 596 g/mol. The zero-order valence-corrected chi connectivity index (χ0v) is 24.3. The van der Waals surface area contributed by atoms with Crippen molar-refractivity contribution in [3.8, 4) is 11.5 Å². The molecule has 4 aliphatic heterocycles. The number of carbonyl (C=O) groups excluding carboxylic acids is 3. The molecule has 0 saturated carbocycles. The highest BCUT2D eigenvalue weighted by atomic mass is 16.7. The molecule has 7 atom stereocenters. The van der Waals surface area contributed by atoms with E-state index in [2.05, 4.69) is 0 Å². The van der Waals surface area contributed by atoms with Crippen molar-refractivity contribution >= 4 is 23.3 Å². The number of esters is 1. The van der Waals surface area contributed by atoms with Gasteiger partial charge in [0, 0.05) is 22.9 Å². The SMILES string of the molecule is COC(=O)[C@]12C[C@@H]3CCCN3[C@]13C(=O)c1ccccc1[C@]3(O)O[C@H]2[C@@H]1[C@@H](Oc2ccccc2)C(=O)N1c1ccc(OC)cc1. The zero-order chi connectivity index (χ0) is 30.4. The number of amides is 1. The second kappa shape index (κ2) is 9.37. The molecule has 226 valence electrons. The van der Waals surface area contributed by atoms with Crippen molar-refractivity contribution in [3.63, 3.8) is 0 Å². The number of rotatable bonds is 6. The van der Waals surface area contributed by atoms with Crippen molar-refractivity contribution in [1.29, 1.82) is 0 Å². The number of methoxy groups -OCH3 is 2. The Morgan fingerprint density at radius 3 is 2.41 bits per heavy atom. The Hall–Kier alpha value is -4.25. The van der Waals surface area contributed by atoms with Crippen LogP contribution in [0.3, 0.4) is 0 Å². The summed E-state index contributed by atoms with van der Waals surface area (Å²) in [5, 5.41) is 12.8. The summed E-state index contributed by atoms with van der Waals surface area (Å²) in [6.45, 7) is 0.511. The number of ether oxygens (including phenoxy) is 4. The summed E-state index contributed by atoms with van der Waals surface area (Å²) in [7, 11) is 2.85. The van der Waals surface area contributed by atoms with E-state index in [0.717, 1.165) is 12.8 Å². The van der Waals surface area contributed by atoms with E-state index in [0.29, 0.717) is 34.9 Å². The summed E-state index contributed by atoms with van der Waals surface area (Å²) >= 11 is 0. The minimum Gasteiger partial charge on any atom is -0.497 e. The molecule has 0 unspecified atom stereocenters. The molecule has 1 N–H and O–H groups in total. The van der Waals surface area contributed by atoms with E-state index >= 15 is 0 Å². The van der Waals surface area contributed by atoms with Gasteiger partial charge in [-0.05, 0) is 62.2 Å². The highest BCUT2D eigenvalue weighted by Gasteiger charge is 2.90. The van der Waals surface area contributed by atoms with E-state index in [1.165, 1.54) is 7.11 Å². The fourth-order valence-corrected chi connectivity index (χ4v) is 8.85. The number of para-hydroxylation sites is 1. The Morgan fingerprint density at radius 2 is 1.68 bits per heavy atom. The number of anilines is 1. The number of fused-ring (bicyclic) bond motifs is 3. The molecule has 3 aromatic carbocycles. The van der Waals surface area contributed by atoms with Crippen LogP contribution in [0.5, 0.6) is 11.5 Å². The van der Waals surface area contributed by atoms with Crippen LogP contribution in [-0.4, -0.2) is 78.3 Å². The van der Waals surface area contributed by atoms with E-state index < -0.39 is 41.0 Å². The summed E-state index contributed by atoms with van der Waals surface area (Å²) in [5.41, 5.74) is -2.24. The summed E-state index contributed by atoms with van der Waals surface area (Å²) in [5.74, 6) is -2.44. The molecular formula is C34H32N2O8. The maximum absolute atomic E-state index is 14.8. The summed E-state index contributed by atoms with van der Waals surface area (Å²) in [4.78, 5) is 46.7. The molecular weight excluding hydrogens is 564 g/mol. The maximum Gasteiger partial charge on any atom is 0.317 e. The van der Waals surface area contributed by atoms with Crippen LogP contribution in [0.25, 0.3) is 0 Å². The summed E-state index contributed by atoms with van der Waals surface area (Å²) in [6, 6.07) is 21.7. The third-order valence-corrected chi connectivity index (χ3v) is 10.5. The Kier molecular flexibility index (Phi) is 5.82. The lowest BCUT2D eigenvalue weighted by Gasteiger charge is -2.52. The number of ketones is 1. The van der Waals surface area contributed by atoms with Crippen LogP contribution in [0.4, 0.5) is 5.69 Å². The van der Waals surface area contributed by atoms with Gasteiger partial charge < -0.3 is 24.1 Å². The topological polar surface area (TPSA) is 115 Å². The predicted octanol–water partition coefficient (Wildman–Crippen LogP) is 3.06. The molecule has 0 radical (unpaired) electrons. The van der Waals surface area contributed by atoms with Gasteiger partial charge in [0.25, 0.3) is 5.91 Å². The van der Waals surface area contributed by atoms with E-state index in [1.54, 1.807) is 84.8 Å². The normalized spacial score (nSPS) is 35.0. The number of hydrogen-bond acceptors (Lipinski definition) is 9. The molecule has 0 aromatic heterocycles. The number of β-lactam (4-membered cyclic amide) rings is 1. The van der Waals surface area contributed by atoms with Gasteiger partial charge in [-0.1, -0.05) is 42.5 Å². The van der Waals surface area contributed by atoms with Crippen molar-refractivity contribution in [2.24, 2.45) is 5.41 Å². The number of Topliss-reactive ketones (excluding diaryl/α,β-unsaturated/α-hetero) is 1. The van der Waals surface area contributed by atoms with Gasteiger partial charge in [0.2, 0.25) is 11.9 Å². The smallest absolute Gasteiger partial charge is 0.317 e. The highest BCUT2D eigenvalue weighted by Crippen LogP contribution is 2.72. The molecule has 1 aliphatic carbocycles. The minimum atomic E-state index is -2.17. The maximum atomic E-state index is 14.8. The molecule has 0 bridgehead atoms. The standard InChI is InChI=1S/C34H32N2O8/c1-41-22-16-14-20(15-17-22)36-26(27(30(36)38)43-23-10-4-3-5-11-23)29-32(31(39)42-2)19-21-9-8-18-35(21)33(32)28(37)24-12-6-7-13-25(24)34(33,40)44-29/h3-7,10-17,21,26-27,29,40H,8-9,18-19H2,1-2H3/t21-,26-,27+,29-,32+,33+,34-/m0/s1. The van der Waals surface area contributed by atoms with Crippen LogP contribution >= 0.6 is 0 Å². The van der Waals surface area contributed by atoms with E-state index in [4.69, 9.17) is 18.9 Å². The largest absolute Gasteiger partial charge is 0.497 e. The van der Waals surface area contributed by atoms with Crippen LogP contribution in [0, 0.1) is 5.41 Å². The van der Waals surface area contributed by atoms with Crippen LogP contribution < -0.4 is 14.4 Å². The van der Waals surface area contributed by atoms with E-state index in [1.807, 2.05) is 11.0 Å². The van der Waals surface area contributed by atoms with Crippen molar-refractivity contribution in [1.82, 2.24) is 4.90 Å². The molecule has 1 amide bonds. The van der Waals surface area contributed by atoms with Crippen LogP contribution in [0.1, 0.15) is 35.2 Å². The quantitative estimate of drug-likeness (QED) is 0.339. The van der Waals surface area contributed by atoms with Gasteiger partial charge in [0.05, 0.1) is 14.2 Å². The molecule has 4 heterocycles. The number of nitrogens with zero attached hydrogens (tertiary/aromatic N) is 2. The van der Waals surface area contributed by atoms with Crippen LogP contribution in [0.2, 0.25) is 0 Å². The highest BCUT2D eigenvalue weighted by molar-refractivity contribution is 6.14. The third-order valence-electron chi connectivity index (χ3n) is 10.5. The lowest BCUT2D eigenvalue weighted by molar-refractivity contribution is -0.243. The van der Waals surface area contributed by atoms with E-state index in [-0.39, 0.29) is 24.2 Å². The van der Waals surface area contributed by atoms with Gasteiger partial charge in [0.15, 0.2) is 11.3 Å². The third kappa shape index (κ3) is 3.08. The first kappa shape index (κ1) is 27.3. The molecule has 8 rings (SSSR count). The molecule has 10 nitrogen and oxygen atoms in total. The van der Waals surface area contributed by atoms with Gasteiger partial charge >= 0.3 is 5.97 Å².